The maximum atomic E-state index is 12.3. The van der Waals surface area contributed by atoms with Crippen molar-refractivity contribution in [2.45, 2.75) is 51.5 Å². The minimum absolute atomic E-state index is 0.303. The van der Waals surface area contributed by atoms with Crippen LogP contribution < -0.4 is 0 Å². The SMILES string of the molecule is CCn1cnnc1C1CCN(C(=O)CCCc2cccs2)CC1. The first-order valence-electron chi connectivity index (χ1n) is 8.45. The van der Waals surface area contributed by atoms with Crippen LogP contribution in [-0.2, 0) is 17.8 Å². The van der Waals surface area contributed by atoms with Crippen LogP contribution in [0.3, 0.4) is 0 Å². The van der Waals surface area contributed by atoms with E-state index in [9.17, 15) is 4.79 Å². The number of aryl methyl sites for hydroxylation is 2. The maximum absolute atomic E-state index is 12.3. The van der Waals surface area contributed by atoms with Gasteiger partial charge in [-0.05, 0) is 44.1 Å². The smallest absolute Gasteiger partial charge is 0.222 e. The molecular weight excluding hydrogens is 308 g/mol. The zero-order valence-corrected chi connectivity index (χ0v) is 14.5. The number of carbonyl (C=O) groups excluding carboxylic acids is 1. The van der Waals surface area contributed by atoms with Gasteiger partial charge in [0.05, 0.1) is 0 Å². The molecular formula is C17H24N4OS. The Bertz CT molecular complexity index is 614. The van der Waals surface area contributed by atoms with Crippen LogP contribution in [0.2, 0.25) is 0 Å². The molecule has 0 bridgehead atoms. The second-order valence-corrected chi connectivity index (χ2v) is 7.10. The molecule has 0 saturated carbocycles. The molecule has 3 heterocycles. The van der Waals surface area contributed by atoms with Gasteiger partial charge in [0, 0.05) is 36.9 Å². The number of hydrogen-bond acceptors (Lipinski definition) is 4. The van der Waals surface area contributed by atoms with E-state index in [0.717, 1.165) is 51.1 Å². The lowest BCUT2D eigenvalue weighted by atomic mass is 9.95. The molecule has 2 aromatic heterocycles. The monoisotopic (exact) mass is 332 g/mol. The average Bonchev–Trinajstić information content (AvgIpc) is 3.26. The molecule has 3 rings (SSSR count). The van der Waals surface area contributed by atoms with Gasteiger partial charge >= 0.3 is 0 Å². The lowest BCUT2D eigenvalue weighted by Crippen LogP contribution is -2.38. The van der Waals surface area contributed by atoms with Crippen molar-refractivity contribution < 1.29 is 4.79 Å². The van der Waals surface area contributed by atoms with Gasteiger partial charge in [0.15, 0.2) is 0 Å². The maximum Gasteiger partial charge on any atom is 0.222 e. The van der Waals surface area contributed by atoms with Gasteiger partial charge in [-0.15, -0.1) is 21.5 Å². The molecule has 2 aromatic rings. The molecule has 0 aliphatic carbocycles. The van der Waals surface area contributed by atoms with E-state index in [1.54, 1.807) is 17.7 Å². The summed E-state index contributed by atoms with van der Waals surface area (Å²) in [5, 5.41) is 10.4. The van der Waals surface area contributed by atoms with E-state index in [4.69, 9.17) is 0 Å². The third kappa shape index (κ3) is 3.99. The van der Waals surface area contributed by atoms with E-state index < -0.39 is 0 Å². The van der Waals surface area contributed by atoms with Gasteiger partial charge in [-0.1, -0.05) is 6.07 Å². The summed E-state index contributed by atoms with van der Waals surface area (Å²) in [6, 6.07) is 4.21. The number of aromatic nitrogens is 3. The van der Waals surface area contributed by atoms with E-state index >= 15 is 0 Å². The molecule has 124 valence electrons. The molecule has 1 aliphatic heterocycles. The second kappa shape index (κ2) is 7.73. The number of amides is 1. The fourth-order valence-electron chi connectivity index (χ4n) is 3.24. The number of carbonyl (C=O) groups is 1. The molecule has 1 amide bonds. The third-order valence-electron chi connectivity index (χ3n) is 4.59. The summed E-state index contributed by atoms with van der Waals surface area (Å²) in [7, 11) is 0. The molecule has 1 fully saturated rings. The molecule has 0 radical (unpaired) electrons. The molecule has 0 spiro atoms. The quantitative estimate of drug-likeness (QED) is 0.817. The van der Waals surface area contributed by atoms with Crippen LogP contribution in [0.1, 0.15) is 49.2 Å². The highest BCUT2D eigenvalue weighted by Crippen LogP contribution is 2.27. The van der Waals surface area contributed by atoms with Gasteiger partial charge in [-0.25, -0.2) is 0 Å². The van der Waals surface area contributed by atoms with Crippen LogP contribution in [0.25, 0.3) is 0 Å². The first-order chi connectivity index (χ1) is 11.3. The predicted octanol–water partition coefficient (Wildman–Crippen LogP) is 3.09. The normalized spacial score (nSPS) is 16.0. The molecule has 0 atom stereocenters. The van der Waals surface area contributed by atoms with E-state index in [1.807, 2.05) is 4.90 Å². The molecule has 0 N–H and O–H groups in total. The Hall–Kier alpha value is -1.69. The largest absolute Gasteiger partial charge is 0.343 e. The minimum Gasteiger partial charge on any atom is -0.343 e. The number of likely N-dealkylation sites (tertiary alicyclic amines) is 1. The van der Waals surface area contributed by atoms with Gasteiger partial charge in [-0.3, -0.25) is 4.79 Å². The molecule has 6 heteroatoms. The van der Waals surface area contributed by atoms with Crippen molar-refractivity contribution in [2.75, 3.05) is 13.1 Å². The van der Waals surface area contributed by atoms with Gasteiger partial charge < -0.3 is 9.47 Å². The molecule has 23 heavy (non-hydrogen) atoms. The zero-order valence-electron chi connectivity index (χ0n) is 13.6. The predicted molar refractivity (Wildman–Crippen MR) is 91.5 cm³/mol. The molecule has 5 nitrogen and oxygen atoms in total. The van der Waals surface area contributed by atoms with E-state index in [2.05, 4.69) is 39.2 Å². The van der Waals surface area contributed by atoms with Gasteiger partial charge in [-0.2, -0.15) is 0 Å². The number of rotatable bonds is 6. The summed E-state index contributed by atoms with van der Waals surface area (Å²) >= 11 is 1.77. The lowest BCUT2D eigenvalue weighted by Gasteiger charge is -2.31. The van der Waals surface area contributed by atoms with Crippen molar-refractivity contribution in [3.8, 4) is 0 Å². The molecule has 1 saturated heterocycles. The highest BCUT2D eigenvalue weighted by atomic mass is 32.1. The summed E-state index contributed by atoms with van der Waals surface area (Å²) in [6.45, 7) is 4.71. The summed E-state index contributed by atoms with van der Waals surface area (Å²) in [4.78, 5) is 15.7. The zero-order chi connectivity index (χ0) is 16.1. The third-order valence-corrected chi connectivity index (χ3v) is 5.53. The van der Waals surface area contributed by atoms with Crippen molar-refractivity contribution in [3.63, 3.8) is 0 Å². The average molecular weight is 332 g/mol. The first kappa shape index (κ1) is 16.2. The van der Waals surface area contributed by atoms with Crippen LogP contribution in [0.4, 0.5) is 0 Å². The van der Waals surface area contributed by atoms with Crippen LogP contribution in [-0.4, -0.2) is 38.7 Å². The van der Waals surface area contributed by atoms with E-state index in [1.165, 1.54) is 4.88 Å². The van der Waals surface area contributed by atoms with Crippen molar-refractivity contribution in [2.24, 2.45) is 0 Å². The van der Waals surface area contributed by atoms with Crippen molar-refractivity contribution in [3.05, 3.63) is 34.5 Å². The Morgan fingerprint density at radius 1 is 1.39 bits per heavy atom. The van der Waals surface area contributed by atoms with Gasteiger partial charge in [0.25, 0.3) is 0 Å². The Morgan fingerprint density at radius 2 is 2.22 bits per heavy atom. The van der Waals surface area contributed by atoms with Crippen LogP contribution in [0, 0.1) is 0 Å². The van der Waals surface area contributed by atoms with Gasteiger partial charge in [0.1, 0.15) is 12.2 Å². The first-order valence-corrected chi connectivity index (χ1v) is 9.33. The highest BCUT2D eigenvalue weighted by molar-refractivity contribution is 7.09. The standard InChI is InChI=1S/C17H24N4OS/c1-2-20-13-18-19-17(20)14-8-10-21(11-9-14)16(22)7-3-5-15-6-4-12-23-15/h4,6,12-14H,2-3,5,7-11H2,1H3. The van der Waals surface area contributed by atoms with Crippen molar-refractivity contribution >= 4 is 17.2 Å². The fraction of sp³-hybridized carbons (Fsp3) is 0.588. The number of hydrogen-bond donors (Lipinski definition) is 0. The summed E-state index contributed by atoms with van der Waals surface area (Å²) in [6.07, 6.45) is 6.42. The second-order valence-electron chi connectivity index (χ2n) is 6.06. The van der Waals surface area contributed by atoms with E-state index in [0.29, 0.717) is 18.2 Å². The lowest BCUT2D eigenvalue weighted by molar-refractivity contribution is -0.132. The Balaban J connectivity index is 1.44. The number of piperidine rings is 1. The number of thiophene rings is 1. The Labute approximate surface area is 141 Å². The Kier molecular flexibility index (Phi) is 5.43. The van der Waals surface area contributed by atoms with Crippen LogP contribution >= 0.6 is 11.3 Å². The van der Waals surface area contributed by atoms with E-state index in [-0.39, 0.29) is 0 Å². The number of nitrogens with zero attached hydrogens (tertiary/aromatic N) is 4. The van der Waals surface area contributed by atoms with Crippen molar-refractivity contribution in [1.82, 2.24) is 19.7 Å². The minimum atomic E-state index is 0.303. The highest BCUT2D eigenvalue weighted by Gasteiger charge is 2.26. The Morgan fingerprint density at radius 3 is 2.91 bits per heavy atom. The van der Waals surface area contributed by atoms with Crippen LogP contribution in [0.15, 0.2) is 23.8 Å². The molecule has 0 unspecified atom stereocenters. The fourth-order valence-corrected chi connectivity index (χ4v) is 3.99. The summed E-state index contributed by atoms with van der Waals surface area (Å²) < 4.78 is 2.11. The summed E-state index contributed by atoms with van der Waals surface area (Å²) in [5.41, 5.74) is 0. The van der Waals surface area contributed by atoms with Crippen molar-refractivity contribution in [1.29, 1.82) is 0 Å². The van der Waals surface area contributed by atoms with Crippen LogP contribution in [0.5, 0.6) is 0 Å². The molecule has 0 aromatic carbocycles. The van der Waals surface area contributed by atoms with Gasteiger partial charge in [0.2, 0.25) is 5.91 Å². The summed E-state index contributed by atoms with van der Waals surface area (Å²) in [5.74, 6) is 1.82. The molecule has 1 aliphatic rings. The topological polar surface area (TPSA) is 51.0 Å².